The number of amides is 1. The molecule has 3 nitrogen and oxygen atoms in total. The molecule has 1 heterocycles. The van der Waals surface area contributed by atoms with Crippen LogP contribution in [0.1, 0.15) is 43.4 Å². The molecule has 27 heavy (non-hydrogen) atoms. The average molecular weight is 442 g/mol. The zero-order chi connectivity index (χ0) is 19.6. The molecule has 0 spiro atoms. The SMILES string of the molecule is CCCCC1OC(=O)N(c2cccc(C(F)(F)F)c2)C1c1ccccc1Br. The quantitative estimate of drug-likeness (QED) is 0.514. The van der Waals surface area contributed by atoms with Gasteiger partial charge in [0.25, 0.3) is 0 Å². The number of hydrogen-bond donors (Lipinski definition) is 0. The Bertz CT molecular complexity index is 825. The smallest absolute Gasteiger partial charge is 0.416 e. The first-order valence-electron chi connectivity index (χ1n) is 8.74. The molecule has 7 heteroatoms. The molecule has 1 fully saturated rings. The third kappa shape index (κ3) is 4.13. The predicted molar refractivity (Wildman–Crippen MR) is 101 cm³/mol. The lowest BCUT2D eigenvalue weighted by atomic mass is 9.96. The Hall–Kier alpha value is -2.02. The van der Waals surface area contributed by atoms with E-state index in [9.17, 15) is 18.0 Å². The van der Waals surface area contributed by atoms with Crippen LogP contribution >= 0.6 is 15.9 Å². The second kappa shape index (κ2) is 7.92. The van der Waals surface area contributed by atoms with Gasteiger partial charge in [-0.15, -0.1) is 0 Å². The number of unbranched alkanes of at least 4 members (excludes halogenated alkanes) is 1. The fraction of sp³-hybridized carbons (Fsp3) is 0.350. The van der Waals surface area contributed by atoms with Crippen molar-refractivity contribution in [1.82, 2.24) is 0 Å². The van der Waals surface area contributed by atoms with Crippen LogP contribution in [0.5, 0.6) is 0 Å². The van der Waals surface area contributed by atoms with Gasteiger partial charge in [-0.3, -0.25) is 4.90 Å². The van der Waals surface area contributed by atoms with Crippen LogP contribution in [-0.4, -0.2) is 12.2 Å². The van der Waals surface area contributed by atoms with Crippen LogP contribution in [0.25, 0.3) is 0 Å². The molecular weight excluding hydrogens is 423 g/mol. The lowest BCUT2D eigenvalue weighted by Gasteiger charge is -2.26. The maximum atomic E-state index is 13.1. The number of nitrogens with zero attached hydrogens (tertiary/aromatic N) is 1. The number of halogens is 4. The summed E-state index contributed by atoms with van der Waals surface area (Å²) in [5, 5.41) is 0. The Balaban J connectivity index is 2.06. The summed E-state index contributed by atoms with van der Waals surface area (Å²) in [4.78, 5) is 13.9. The van der Waals surface area contributed by atoms with Crippen molar-refractivity contribution < 1.29 is 22.7 Å². The number of alkyl halides is 3. The van der Waals surface area contributed by atoms with Crippen LogP contribution in [0, 0.1) is 0 Å². The van der Waals surface area contributed by atoms with E-state index >= 15 is 0 Å². The molecule has 1 amide bonds. The van der Waals surface area contributed by atoms with Gasteiger partial charge in [-0.1, -0.05) is 53.5 Å². The van der Waals surface area contributed by atoms with Crippen LogP contribution in [0.15, 0.2) is 53.0 Å². The first kappa shape index (κ1) is 19.7. The van der Waals surface area contributed by atoms with E-state index in [0.29, 0.717) is 6.42 Å². The molecule has 1 aliphatic rings. The number of hydrogen-bond acceptors (Lipinski definition) is 2. The first-order valence-corrected chi connectivity index (χ1v) is 9.53. The molecule has 0 N–H and O–H groups in total. The number of cyclic esters (lactones) is 1. The zero-order valence-electron chi connectivity index (χ0n) is 14.7. The lowest BCUT2D eigenvalue weighted by Crippen LogP contribution is -2.30. The molecule has 2 aromatic rings. The Labute approximate surface area is 164 Å². The van der Waals surface area contributed by atoms with E-state index in [0.717, 1.165) is 35.0 Å². The minimum absolute atomic E-state index is 0.176. The fourth-order valence-electron chi connectivity index (χ4n) is 3.31. The number of rotatable bonds is 5. The van der Waals surface area contributed by atoms with Crippen molar-refractivity contribution in [2.45, 2.75) is 44.5 Å². The van der Waals surface area contributed by atoms with E-state index < -0.39 is 30.0 Å². The van der Waals surface area contributed by atoms with Crippen molar-refractivity contribution >= 4 is 27.7 Å². The van der Waals surface area contributed by atoms with Gasteiger partial charge in [-0.2, -0.15) is 13.2 Å². The van der Waals surface area contributed by atoms with Gasteiger partial charge in [0.2, 0.25) is 0 Å². The number of carbonyl (C=O) groups excluding carboxylic acids is 1. The number of anilines is 1. The molecular formula is C20H19BrF3NO2. The molecule has 0 radical (unpaired) electrons. The predicted octanol–water partition coefficient (Wildman–Crippen LogP) is 6.72. The van der Waals surface area contributed by atoms with Gasteiger partial charge in [0, 0.05) is 10.2 Å². The van der Waals surface area contributed by atoms with Gasteiger partial charge in [-0.25, -0.2) is 4.79 Å². The summed E-state index contributed by atoms with van der Waals surface area (Å²) in [5.74, 6) is 0. The number of carbonyl (C=O) groups is 1. The van der Waals surface area contributed by atoms with Crippen LogP contribution in [0.2, 0.25) is 0 Å². The molecule has 0 aliphatic carbocycles. The van der Waals surface area contributed by atoms with Gasteiger partial charge in [0.05, 0.1) is 5.56 Å². The van der Waals surface area contributed by atoms with E-state index in [1.165, 1.54) is 17.0 Å². The largest absolute Gasteiger partial charge is 0.443 e. The lowest BCUT2D eigenvalue weighted by molar-refractivity contribution is -0.137. The maximum Gasteiger partial charge on any atom is 0.416 e. The summed E-state index contributed by atoms with van der Waals surface area (Å²) in [7, 11) is 0. The highest BCUT2D eigenvalue weighted by Crippen LogP contribution is 2.42. The third-order valence-corrected chi connectivity index (χ3v) is 5.32. The zero-order valence-corrected chi connectivity index (χ0v) is 16.3. The first-order chi connectivity index (χ1) is 12.8. The molecule has 2 atom stereocenters. The summed E-state index contributed by atoms with van der Waals surface area (Å²) in [5.41, 5.74) is 0.187. The number of benzene rings is 2. The fourth-order valence-corrected chi connectivity index (χ4v) is 3.82. The average Bonchev–Trinajstić information content (AvgIpc) is 2.95. The molecule has 0 saturated carbocycles. The molecule has 144 valence electrons. The summed E-state index contributed by atoms with van der Waals surface area (Å²) < 4.78 is 45.8. The monoisotopic (exact) mass is 441 g/mol. The van der Waals surface area contributed by atoms with Crippen molar-refractivity contribution in [1.29, 1.82) is 0 Å². The minimum atomic E-state index is -4.48. The normalized spacial score (nSPS) is 20.0. The van der Waals surface area contributed by atoms with Gasteiger partial charge in [0.1, 0.15) is 12.1 Å². The minimum Gasteiger partial charge on any atom is -0.443 e. The van der Waals surface area contributed by atoms with Crippen LogP contribution in [0.4, 0.5) is 23.7 Å². The Kier molecular flexibility index (Phi) is 5.79. The summed E-state index contributed by atoms with van der Waals surface area (Å²) in [6.45, 7) is 2.04. The van der Waals surface area contributed by atoms with Crippen LogP contribution in [0.3, 0.4) is 0 Å². The van der Waals surface area contributed by atoms with E-state index in [2.05, 4.69) is 15.9 Å². The summed E-state index contributed by atoms with van der Waals surface area (Å²) in [6.07, 6.45) is -3.11. The Morgan fingerprint density at radius 3 is 2.56 bits per heavy atom. The van der Waals surface area contributed by atoms with Crippen LogP contribution in [-0.2, 0) is 10.9 Å². The van der Waals surface area contributed by atoms with Gasteiger partial charge < -0.3 is 4.74 Å². The van der Waals surface area contributed by atoms with Crippen molar-refractivity contribution in [3.8, 4) is 0 Å². The van der Waals surface area contributed by atoms with Crippen LogP contribution < -0.4 is 4.90 Å². The van der Waals surface area contributed by atoms with Crippen molar-refractivity contribution in [3.63, 3.8) is 0 Å². The second-order valence-electron chi connectivity index (χ2n) is 6.45. The van der Waals surface area contributed by atoms with E-state index in [-0.39, 0.29) is 5.69 Å². The molecule has 1 saturated heterocycles. The summed E-state index contributed by atoms with van der Waals surface area (Å²) in [6, 6.07) is 11.7. The van der Waals surface area contributed by atoms with Crippen molar-refractivity contribution in [2.24, 2.45) is 0 Å². The molecule has 1 aliphatic heterocycles. The van der Waals surface area contributed by atoms with Crippen molar-refractivity contribution in [3.05, 3.63) is 64.1 Å². The molecule has 2 unspecified atom stereocenters. The topological polar surface area (TPSA) is 29.5 Å². The summed E-state index contributed by atoms with van der Waals surface area (Å²) >= 11 is 3.49. The van der Waals surface area contributed by atoms with E-state index in [4.69, 9.17) is 4.74 Å². The molecule has 0 aromatic heterocycles. The second-order valence-corrected chi connectivity index (χ2v) is 7.30. The maximum absolute atomic E-state index is 13.1. The Morgan fingerprint density at radius 2 is 1.89 bits per heavy atom. The van der Waals surface area contributed by atoms with Crippen molar-refractivity contribution in [2.75, 3.05) is 4.90 Å². The van der Waals surface area contributed by atoms with E-state index in [1.54, 1.807) is 0 Å². The van der Waals surface area contributed by atoms with Gasteiger partial charge in [0.15, 0.2) is 0 Å². The van der Waals surface area contributed by atoms with Gasteiger partial charge in [-0.05, 0) is 42.7 Å². The molecule has 0 bridgehead atoms. The Morgan fingerprint density at radius 1 is 1.15 bits per heavy atom. The molecule has 3 rings (SSSR count). The highest BCUT2D eigenvalue weighted by Gasteiger charge is 2.44. The van der Waals surface area contributed by atoms with Gasteiger partial charge >= 0.3 is 12.3 Å². The third-order valence-electron chi connectivity index (χ3n) is 4.60. The standard InChI is InChI=1S/C20H19BrF3NO2/c1-2-3-11-17-18(15-9-4-5-10-16(15)21)25(19(26)27-17)14-8-6-7-13(12-14)20(22,23)24/h4-10,12,17-18H,2-3,11H2,1H3. The highest BCUT2D eigenvalue weighted by molar-refractivity contribution is 9.10. The number of ether oxygens (including phenoxy) is 1. The van der Waals surface area contributed by atoms with E-state index in [1.807, 2.05) is 31.2 Å². The molecule has 2 aromatic carbocycles. The highest BCUT2D eigenvalue weighted by atomic mass is 79.9.